The van der Waals surface area contributed by atoms with Crippen molar-refractivity contribution in [2.75, 3.05) is 19.7 Å². The summed E-state index contributed by atoms with van der Waals surface area (Å²) < 4.78 is 0. The van der Waals surface area contributed by atoms with E-state index in [-0.39, 0.29) is 6.61 Å². The van der Waals surface area contributed by atoms with Gasteiger partial charge in [-0.25, -0.2) is 0 Å². The summed E-state index contributed by atoms with van der Waals surface area (Å²) in [5.41, 5.74) is 1.45. The maximum absolute atomic E-state index is 8.92. The molecule has 0 spiro atoms. The Morgan fingerprint density at radius 3 is 3.31 bits per heavy atom. The number of allylic oxidation sites excluding steroid dienone is 4. The van der Waals surface area contributed by atoms with Gasteiger partial charge in [0.15, 0.2) is 0 Å². The molecule has 0 radical (unpaired) electrons. The molecule has 1 unspecified atom stereocenters. The van der Waals surface area contributed by atoms with Crippen molar-refractivity contribution in [1.82, 2.24) is 4.90 Å². The molecule has 0 aromatic carbocycles. The molecule has 1 N–H and O–H groups in total. The second-order valence-electron chi connectivity index (χ2n) is 3.81. The molecule has 0 aromatic heterocycles. The van der Waals surface area contributed by atoms with Crippen LogP contribution in [0.1, 0.15) is 19.3 Å². The highest BCUT2D eigenvalue weighted by Gasteiger charge is 2.24. The zero-order valence-electron chi connectivity index (χ0n) is 7.95. The molecule has 2 heteroatoms. The van der Waals surface area contributed by atoms with Crippen LogP contribution in [0.15, 0.2) is 23.9 Å². The minimum atomic E-state index is 0.272. The number of β-amino-alcohol motifs (C(OH)–C–C–N with tert-alkyl or cyclic N) is 1. The van der Waals surface area contributed by atoms with Crippen LogP contribution in [0.25, 0.3) is 0 Å². The van der Waals surface area contributed by atoms with Crippen LogP contribution in [0, 0.1) is 5.92 Å². The molecule has 0 bridgehead atoms. The Balaban J connectivity index is 2.09. The zero-order chi connectivity index (χ0) is 9.10. The first kappa shape index (κ1) is 8.82. The van der Waals surface area contributed by atoms with Gasteiger partial charge in [0.2, 0.25) is 0 Å². The Morgan fingerprint density at radius 2 is 2.46 bits per heavy atom. The van der Waals surface area contributed by atoms with E-state index >= 15 is 0 Å². The van der Waals surface area contributed by atoms with E-state index in [1.807, 2.05) is 0 Å². The minimum absolute atomic E-state index is 0.272. The fourth-order valence-electron chi connectivity index (χ4n) is 2.31. The van der Waals surface area contributed by atoms with Crippen molar-refractivity contribution < 1.29 is 5.11 Å². The van der Waals surface area contributed by atoms with Crippen molar-refractivity contribution in [2.24, 2.45) is 5.92 Å². The number of fused-ring (bicyclic) bond motifs is 1. The molecule has 1 heterocycles. The molecule has 1 saturated heterocycles. The molecule has 1 fully saturated rings. The molecule has 2 aliphatic rings. The normalized spacial score (nSPS) is 27.0. The fraction of sp³-hybridized carbons (Fsp3) is 0.636. The number of hydrogen-bond acceptors (Lipinski definition) is 2. The second-order valence-corrected chi connectivity index (χ2v) is 3.81. The van der Waals surface area contributed by atoms with Gasteiger partial charge >= 0.3 is 0 Å². The van der Waals surface area contributed by atoms with Gasteiger partial charge in [0.1, 0.15) is 0 Å². The van der Waals surface area contributed by atoms with E-state index in [4.69, 9.17) is 5.11 Å². The Kier molecular flexibility index (Phi) is 2.69. The average Bonchev–Trinajstić information content (AvgIpc) is 2.19. The molecular formula is C11H17NO. The summed E-state index contributed by atoms with van der Waals surface area (Å²) in [7, 11) is 0. The maximum Gasteiger partial charge on any atom is 0.0606 e. The summed E-state index contributed by atoms with van der Waals surface area (Å²) in [5, 5.41) is 8.92. The summed E-state index contributed by atoms with van der Waals surface area (Å²) >= 11 is 0. The van der Waals surface area contributed by atoms with Gasteiger partial charge in [-0.2, -0.15) is 0 Å². The Morgan fingerprint density at radius 1 is 1.54 bits per heavy atom. The predicted molar refractivity (Wildman–Crippen MR) is 53.2 cm³/mol. The van der Waals surface area contributed by atoms with E-state index in [9.17, 15) is 0 Å². The Bertz CT molecular complexity index is 230. The summed E-state index contributed by atoms with van der Waals surface area (Å²) in [6.07, 6.45) is 10.4. The zero-order valence-corrected chi connectivity index (χ0v) is 7.95. The van der Waals surface area contributed by atoms with Crippen LogP contribution < -0.4 is 0 Å². The molecule has 2 rings (SSSR count). The van der Waals surface area contributed by atoms with Gasteiger partial charge in [0, 0.05) is 24.7 Å². The van der Waals surface area contributed by atoms with Crippen molar-refractivity contribution in [3.63, 3.8) is 0 Å². The van der Waals surface area contributed by atoms with E-state index < -0.39 is 0 Å². The summed E-state index contributed by atoms with van der Waals surface area (Å²) in [5.74, 6) is 0.727. The lowest BCUT2D eigenvalue weighted by Crippen LogP contribution is -2.35. The van der Waals surface area contributed by atoms with Crippen molar-refractivity contribution in [1.29, 1.82) is 0 Å². The van der Waals surface area contributed by atoms with E-state index in [1.54, 1.807) is 0 Å². The van der Waals surface area contributed by atoms with E-state index in [2.05, 4.69) is 23.1 Å². The highest BCUT2D eigenvalue weighted by atomic mass is 16.3. The molecule has 72 valence electrons. The summed E-state index contributed by atoms with van der Waals surface area (Å²) in [6.45, 7) is 2.20. The van der Waals surface area contributed by atoms with Crippen LogP contribution in [0.3, 0.4) is 0 Å². The number of piperidine rings is 1. The molecule has 0 aromatic rings. The first-order valence-electron chi connectivity index (χ1n) is 5.14. The number of rotatable bonds is 2. The second kappa shape index (κ2) is 3.97. The monoisotopic (exact) mass is 179 g/mol. The molecule has 1 atom stereocenters. The lowest BCUT2D eigenvalue weighted by molar-refractivity contribution is 0.185. The van der Waals surface area contributed by atoms with E-state index in [0.29, 0.717) is 0 Å². The molecular weight excluding hydrogens is 162 g/mol. The molecule has 0 saturated carbocycles. The van der Waals surface area contributed by atoms with Gasteiger partial charge in [-0.15, -0.1) is 0 Å². The van der Waals surface area contributed by atoms with Gasteiger partial charge in [-0.3, -0.25) is 0 Å². The molecule has 13 heavy (non-hydrogen) atoms. The fourth-order valence-corrected chi connectivity index (χ4v) is 2.31. The molecule has 0 amide bonds. The Labute approximate surface area is 79.6 Å². The number of likely N-dealkylation sites (tertiary alicyclic amines) is 1. The van der Waals surface area contributed by atoms with Crippen LogP contribution in [0.2, 0.25) is 0 Å². The van der Waals surface area contributed by atoms with Crippen LogP contribution in [0.4, 0.5) is 0 Å². The number of aliphatic hydroxyl groups excluding tert-OH is 1. The largest absolute Gasteiger partial charge is 0.395 e. The quantitative estimate of drug-likeness (QED) is 0.695. The maximum atomic E-state index is 8.92. The van der Waals surface area contributed by atoms with Crippen LogP contribution in [-0.2, 0) is 0 Å². The molecule has 2 nitrogen and oxygen atoms in total. The number of nitrogens with zero attached hydrogens (tertiary/aromatic N) is 1. The van der Waals surface area contributed by atoms with Crippen molar-refractivity contribution in [3.05, 3.63) is 23.9 Å². The highest BCUT2D eigenvalue weighted by molar-refractivity contribution is 5.21. The van der Waals surface area contributed by atoms with Gasteiger partial charge in [-0.05, 0) is 25.3 Å². The van der Waals surface area contributed by atoms with Gasteiger partial charge in [-0.1, -0.05) is 12.2 Å². The SMILES string of the molecule is OCCN1CCCC2CC=CC=C21. The van der Waals surface area contributed by atoms with Crippen molar-refractivity contribution >= 4 is 0 Å². The molecule has 1 aliphatic carbocycles. The van der Waals surface area contributed by atoms with Crippen molar-refractivity contribution in [3.8, 4) is 0 Å². The third kappa shape index (κ3) is 1.78. The summed E-state index contributed by atoms with van der Waals surface area (Å²) in [4.78, 5) is 2.33. The van der Waals surface area contributed by atoms with E-state index in [0.717, 1.165) is 19.0 Å². The van der Waals surface area contributed by atoms with Gasteiger partial charge in [0.05, 0.1) is 6.61 Å². The number of hydrogen-bond donors (Lipinski definition) is 1. The third-order valence-corrected chi connectivity index (χ3v) is 2.96. The average molecular weight is 179 g/mol. The standard InChI is InChI=1S/C11H17NO/c13-9-8-12-7-3-5-10-4-1-2-6-11(10)12/h1-2,6,10,13H,3-5,7-9H2. The Hall–Kier alpha value is -0.760. The smallest absolute Gasteiger partial charge is 0.0606 e. The first-order chi connectivity index (χ1) is 6.42. The predicted octanol–water partition coefficient (Wildman–Crippen LogP) is 1.53. The minimum Gasteiger partial charge on any atom is -0.395 e. The van der Waals surface area contributed by atoms with Crippen molar-refractivity contribution in [2.45, 2.75) is 19.3 Å². The van der Waals surface area contributed by atoms with Gasteiger partial charge in [0.25, 0.3) is 0 Å². The van der Waals surface area contributed by atoms with Crippen LogP contribution in [-0.4, -0.2) is 29.7 Å². The first-order valence-corrected chi connectivity index (χ1v) is 5.14. The topological polar surface area (TPSA) is 23.5 Å². The number of aliphatic hydroxyl groups is 1. The van der Waals surface area contributed by atoms with Crippen LogP contribution >= 0.6 is 0 Å². The van der Waals surface area contributed by atoms with Gasteiger partial charge < -0.3 is 10.0 Å². The highest BCUT2D eigenvalue weighted by Crippen LogP contribution is 2.31. The lowest BCUT2D eigenvalue weighted by Gasteiger charge is -2.37. The molecule has 1 aliphatic heterocycles. The third-order valence-electron chi connectivity index (χ3n) is 2.96. The van der Waals surface area contributed by atoms with E-state index in [1.165, 1.54) is 25.0 Å². The summed E-state index contributed by atoms with van der Waals surface area (Å²) in [6, 6.07) is 0. The lowest BCUT2D eigenvalue weighted by atomic mass is 9.88. The van der Waals surface area contributed by atoms with Crippen LogP contribution in [0.5, 0.6) is 0 Å².